The van der Waals surface area contributed by atoms with Gasteiger partial charge in [-0.15, -0.1) is 0 Å². The highest BCUT2D eigenvalue weighted by molar-refractivity contribution is 5.92. The quantitative estimate of drug-likeness (QED) is 0.586. The first kappa shape index (κ1) is 12.0. The maximum absolute atomic E-state index is 11.7. The highest BCUT2D eigenvalue weighted by Gasteiger charge is 2.41. The molecular formula is C10H19N3O2. The van der Waals surface area contributed by atoms with E-state index in [4.69, 9.17) is 11.5 Å². The van der Waals surface area contributed by atoms with Gasteiger partial charge in [0.2, 0.25) is 11.8 Å². The summed E-state index contributed by atoms with van der Waals surface area (Å²) in [5, 5.41) is 2.62. The lowest BCUT2D eigenvalue weighted by Crippen LogP contribution is -2.62. The summed E-state index contributed by atoms with van der Waals surface area (Å²) >= 11 is 0. The number of rotatable bonds is 4. The summed E-state index contributed by atoms with van der Waals surface area (Å²) in [6, 6.07) is -0.626. The van der Waals surface area contributed by atoms with Gasteiger partial charge in [0.15, 0.2) is 0 Å². The predicted octanol–water partition coefficient (Wildman–Crippen LogP) is -0.506. The number of carbonyl (C=O) groups excluding carboxylic acids is 2. The first-order valence-corrected chi connectivity index (χ1v) is 5.26. The lowest BCUT2D eigenvalue weighted by Gasteiger charge is -2.37. The second-order valence-electron chi connectivity index (χ2n) is 4.61. The van der Waals surface area contributed by atoms with Gasteiger partial charge in [-0.1, -0.05) is 13.8 Å². The summed E-state index contributed by atoms with van der Waals surface area (Å²) in [7, 11) is 0. The minimum absolute atomic E-state index is 0.0184. The molecule has 15 heavy (non-hydrogen) atoms. The van der Waals surface area contributed by atoms with Crippen molar-refractivity contribution in [2.75, 3.05) is 0 Å². The number of carbonyl (C=O) groups is 2. The van der Waals surface area contributed by atoms with Crippen LogP contribution in [0.25, 0.3) is 0 Å². The molecular weight excluding hydrogens is 194 g/mol. The van der Waals surface area contributed by atoms with Gasteiger partial charge in [0.1, 0.15) is 6.04 Å². The van der Waals surface area contributed by atoms with E-state index < -0.39 is 17.5 Å². The Morgan fingerprint density at radius 3 is 2.13 bits per heavy atom. The Balaban J connectivity index is 2.58. The normalized spacial score (nSPS) is 20.5. The van der Waals surface area contributed by atoms with Gasteiger partial charge in [0.05, 0.1) is 5.54 Å². The molecule has 0 aromatic rings. The van der Waals surface area contributed by atoms with Crippen LogP contribution in [0.1, 0.15) is 33.1 Å². The molecule has 1 aliphatic rings. The van der Waals surface area contributed by atoms with Gasteiger partial charge in [-0.2, -0.15) is 0 Å². The van der Waals surface area contributed by atoms with Gasteiger partial charge < -0.3 is 16.8 Å². The molecule has 1 rings (SSSR count). The molecule has 0 heterocycles. The molecule has 86 valence electrons. The molecule has 0 bridgehead atoms. The van der Waals surface area contributed by atoms with Crippen LogP contribution in [0.4, 0.5) is 0 Å². The number of hydrogen-bond acceptors (Lipinski definition) is 3. The van der Waals surface area contributed by atoms with E-state index in [1.165, 1.54) is 0 Å². The van der Waals surface area contributed by atoms with Crippen molar-refractivity contribution < 1.29 is 9.59 Å². The summed E-state index contributed by atoms with van der Waals surface area (Å²) in [6.07, 6.45) is 2.33. The van der Waals surface area contributed by atoms with Crippen LogP contribution in [0.3, 0.4) is 0 Å². The first-order valence-electron chi connectivity index (χ1n) is 5.26. The maximum Gasteiger partial charge on any atom is 0.240 e. The average Bonchev–Trinajstić information content (AvgIpc) is 2.08. The summed E-state index contributed by atoms with van der Waals surface area (Å²) in [5.74, 6) is -0.789. The Labute approximate surface area is 89.6 Å². The van der Waals surface area contributed by atoms with Crippen molar-refractivity contribution in [3.8, 4) is 0 Å². The zero-order valence-corrected chi connectivity index (χ0v) is 9.25. The molecule has 5 heteroatoms. The first-order chi connectivity index (χ1) is 6.87. The highest BCUT2D eigenvalue weighted by Crippen LogP contribution is 2.29. The molecule has 1 atom stereocenters. The van der Waals surface area contributed by atoms with Crippen molar-refractivity contribution >= 4 is 11.8 Å². The molecule has 1 aliphatic carbocycles. The minimum Gasteiger partial charge on any atom is -0.368 e. The van der Waals surface area contributed by atoms with E-state index in [1.54, 1.807) is 0 Å². The van der Waals surface area contributed by atoms with Gasteiger partial charge in [-0.05, 0) is 25.2 Å². The van der Waals surface area contributed by atoms with Crippen molar-refractivity contribution in [3.63, 3.8) is 0 Å². The molecule has 0 spiro atoms. The lowest BCUT2D eigenvalue weighted by molar-refractivity contribution is -0.133. The number of amides is 2. The molecule has 1 fully saturated rings. The van der Waals surface area contributed by atoms with Crippen molar-refractivity contribution in [2.24, 2.45) is 17.4 Å². The Kier molecular flexibility index (Phi) is 3.34. The van der Waals surface area contributed by atoms with Crippen LogP contribution in [-0.4, -0.2) is 23.4 Å². The van der Waals surface area contributed by atoms with Crippen molar-refractivity contribution in [1.82, 2.24) is 5.32 Å². The number of nitrogens with one attached hydrogen (secondary N) is 1. The fourth-order valence-electron chi connectivity index (χ4n) is 1.64. The molecule has 1 saturated carbocycles. The zero-order chi connectivity index (χ0) is 11.6. The van der Waals surface area contributed by atoms with E-state index >= 15 is 0 Å². The Morgan fingerprint density at radius 1 is 1.33 bits per heavy atom. The van der Waals surface area contributed by atoms with Gasteiger partial charge in [-0.25, -0.2) is 0 Å². The molecule has 0 aromatic carbocycles. The van der Waals surface area contributed by atoms with E-state index in [2.05, 4.69) is 5.32 Å². The van der Waals surface area contributed by atoms with E-state index in [9.17, 15) is 9.59 Å². The topological polar surface area (TPSA) is 98.2 Å². The average molecular weight is 213 g/mol. The Bertz CT molecular complexity index is 272. The van der Waals surface area contributed by atoms with E-state index in [1.807, 2.05) is 13.8 Å². The van der Waals surface area contributed by atoms with Crippen LogP contribution in [0.2, 0.25) is 0 Å². The minimum atomic E-state index is -0.775. The number of primary amides is 1. The standard InChI is InChI=1S/C10H19N3O2/c1-6(2)7(8(11)14)13-9(15)10(12)4-3-5-10/h6-7H,3-5,12H2,1-2H3,(H2,11,14)(H,13,15). The summed E-state index contributed by atoms with van der Waals surface area (Å²) in [5.41, 5.74) is 10.2. The van der Waals surface area contributed by atoms with Crippen LogP contribution >= 0.6 is 0 Å². The summed E-state index contributed by atoms with van der Waals surface area (Å²) < 4.78 is 0. The van der Waals surface area contributed by atoms with Crippen LogP contribution in [0.5, 0.6) is 0 Å². The van der Waals surface area contributed by atoms with Gasteiger partial charge in [0.25, 0.3) is 0 Å². The summed E-state index contributed by atoms with van der Waals surface area (Å²) in [4.78, 5) is 22.8. The predicted molar refractivity (Wildman–Crippen MR) is 56.7 cm³/mol. The highest BCUT2D eigenvalue weighted by atomic mass is 16.2. The van der Waals surface area contributed by atoms with Crippen LogP contribution < -0.4 is 16.8 Å². The zero-order valence-electron chi connectivity index (χ0n) is 9.25. The molecule has 5 nitrogen and oxygen atoms in total. The SMILES string of the molecule is CC(C)C(NC(=O)C1(N)CCC1)C(N)=O. The van der Waals surface area contributed by atoms with E-state index in [0.29, 0.717) is 12.8 Å². The molecule has 0 aromatic heterocycles. The number of hydrogen-bond donors (Lipinski definition) is 3. The number of nitrogens with two attached hydrogens (primary N) is 2. The molecule has 1 unspecified atom stereocenters. The van der Waals surface area contributed by atoms with Crippen molar-refractivity contribution in [3.05, 3.63) is 0 Å². The second kappa shape index (κ2) is 4.18. The Morgan fingerprint density at radius 2 is 1.87 bits per heavy atom. The fraction of sp³-hybridized carbons (Fsp3) is 0.800. The molecule has 0 aliphatic heterocycles. The fourth-order valence-corrected chi connectivity index (χ4v) is 1.64. The molecule has 0 radical (unpaired) electrons. The van der Waals surface area contributed by atoms with Gasteiger partial charge >= 0.3 is 0 Å². The van der Waals surface area contributed by atoms with Gasteiger partial charge in [-0.3, -0.25) is 9.59 Å². The third kappa shape index (κ3) is 2.47. The largest absolute Gasteiger partial charge is 0.368 e. The third-order valence-corrected chi connectivity index (χ3v) is 2.96. The van der Waals surface area contributed by atoms with Crippen molar-refractivity contribution in [1.29, 1.82) is 0 Å². The van der Waals surface area contributed by atoms with Crippen molar-refractivity contribution in [2.45, 2.75) is 44.7 Å². The van der Waals surface area contributed by atoms with Gasteiger partial charge in [0, 0.05) is 0 Å². The Hall–Kier alpha value is -1.10. The lowest BCUT2D eigenvalue weighted by atomic mass is 9.77. The monoisotopic (exact) mass is 213 g/mol. The van der Waals surface area contributed by atoms with E-state index in [0.717, 1.165) is 6.42 Å². The van der Waals surface area contributed by atoms with Crippen LogP contribution in [-0.2, 0) is 9.59 Å². The van der Waals surface area contributed by atoms with Crippen LogP contribution in [0.15, 0.2) is 0 Å². The molecule has 5 N–H and O–H groups in total. The molecule has 0 saturated heterocycles. The molecule has 2 amide bonds. The third-order valence-electron chi connectivity index (χ3n) is 2.96. The van der Waals surface area contributed by atoms with Crippen LogP contribution in [0, 0.1) is 5.92 Å². The second-order valence-corrected chi connectivity index (χ2v) is 4.61. The van der Waals surface area contributed by atoms with E-state index in [-0.39, 0.29) is 11.8 Å². The smallest absolute Gasteiger partial charge is 0.240 e. The summed E-state index contributed by atoms with van der Waals surface area (Å²) in [6.45, 7) is 3.67. The maximum atomic E-state index is 11.7.